The van der Waals surface area contributed by atoms with Crippen LogP contribution < -0.4 is 5.14 Å². The Kier molecular flexibility index (Phi) is 4.04. The van der Waals surface area contributed by atoms with Gasteiger partial charge in [0.25, 0.3) is 0 Å². The van der Waals surface area contributed by atoms with E-state index in [0.717, 1.165) is 22.3 Å². The van der Waals surface area contributed by atoms with E-state index in [9.17, 15) is 13.5 Å². The molecule has 0 aliphatic heterocycles. The molecule has 23 heavy (non-hydrogen) atoms. The fraction of sp³-hybridized carbons (Fsp3) is 0.0588. The third kappa shape index (κ3) is 3.05. The standard InChI is InChI=1S/C17H15NO4S/c18-23(20,21)14-8-6-13(7-9-14)17-15(11-22-16(17)10-19)12-4-2-1-3-5-12/h1-9,11,19H,10H2,(H2,18,20,21). The molecule has 118 valence electrons. The highest BCUT2D eigenvalue weighted by Gasteiger charge is 2.17. The largest absolute Gasteiger partial charge is 0.466 e. The summed E-state index contributed by atoms with van der Waals surface area (Å²) in [6.07, 6.45) is 1.59. The summed E-state index contributed by atoms with van der Waals surface area (Å²) in [6.45, 7) is -0.251. The number of hydrogen-bond donors (Lipinski definition) is 2. The molecule has 1 heterocycles. The second kappa shape index (κ2) is 6.00. The van der Waals surface area contributed by atoms with Gasteiger partial charge >= 0.3 is 0 Å². The molecule has 3 N–H and O–H groups in total. The Labute approximate surface area is 134 Å². The van der Waals surface area contributed by atoms with Gasteiger partial charge in [0.05, 0.1) is 11.2 Å². The summed E-state index contributed by atoms with van der Waals surface area (Å²) in [6, 6.07) is 15.8. The number of sulfonamides is 1. The molecule has 0 fully saturated rings. The number of nitrogens with two attached hydrogens (primary N) is 1. The van der Waals surface area contributed by atoms with E-state index in [0.29, 0.717) is 5.76 Å². The molecule has 0 amide bonds. The Morgan fingerprint density at radius 2 is 1.61 bits per heavy atom. The summed E-state index contributed by atoms with van der Waals surface area (Å²) in [4.78, 5) is 0.0385. The van der Waals surface area contributed by atoms with Crippen molar-refractivity contribution in [3.63, 3.8) is 0 Å². The first-order valence-electron chi connectivity index (χ1n) is 6.90. The molecule has 0 atom stereocenters. The molecule has 0 aliphatic rings. The lowest BCUT2D eigenvalue weighted by molar-refractivity contribution is 0.248. The highest BCUT2D eigenvalue weighted by atomic mass is 32.2. The van der Waals surface area contributed by atoms with E-state index in [1.807, 2.05) is 30.3 Å². The molecule has 0 unspecified atom stereocenters. The highest BCUT2D eigenvalue weighted by molar-refractivity contribution is 7.89. The van der Waals surface area contributed by atoms with Gasteiger partial charge in [-0.1, -0.05) is 42.5 Å². The molecule has 5 nitrogen and oxygen atoms in total. The van der Waals surface area contributed by atoms with Gasteiger partial charge in [-0.3, -0.25) is 0 Å². The number of primary sulfonamides is 1. The zero-order valence-corrected chi connectivity index (χ0v) is 13.0. The van der Waals surface area contributed by atoms with Crippen LogP contribution in [0.5, 0.6) is 0 Å². The molecule has 0 saturated heterocycles. The maximum atomic E-state index is 11.4. The molecule has 1 aromatic heterocycles. The van der Waals surface area contributed by atoms with Crippen molar-refractivity contribution in [3.05, 3.63) is 66.6 Å². The van der Waals surface area contributed by atoms with Crippen molar-refractivity contribution >= 4 is 10.0 Å². The average Bonchev–Trinajstić information content (AvgIpc) is 2.99. The fourth-order valence-electron chi connectivity index (χ4n) is 2.47. The Balaban J connectivity index is 2.14. The number of aliphatic hydroxyl groups excluding tert-OH is 1. The van der Waals surface area contributed by atoms with Crippen molar-refractivity contribution in [2.75, 3.05) is 0 Å². The smallest absolute Gasteiger partial charge is 0.238 e. The van der Waals surface area contributed by atoms with E-state index in [-0.39, 0.29) is 11.5 Å². The lowest BCUT2D eigenvalue weighted by atomic mass is 9.97. The number of rotatable bonds is 4. The Morgan fingerprint density at radius 3 is 2.17 bits per heavy atom. The molecule has 3 rings (SSSR count). The van der Waals surface area contributed by atoms with Crippen LogP contribution in [0.25, 0.3) is 22.3 Å². The minimum Gasteiger partial charge on any atom is -0.466 e. The van der Waals surface area contributed by atoms with Gasteiger partial charge in [0.2, 0.25) is 10.0 Å². The first kappa shape index (κ1) is 15.5. The molecular weight excluding hydrogens is 314 g/mol. The minimum absolute atomic E-state index is 0.0385. The van der Waals surface area contributed by atoms with Gasteiger partial charge in [0, 0.05) is 11.1 Å². The number of furan rings is 1. The SMILES string of the molecule is NS(=O)(=O)c1ccc(-c2c(-c3ccccc3)coc2CO)cc1. The van der Waals surface area contributed by atoms with E-state index in [2.05, 4.69) is 0 Å². The highest BCUT2D eigenvalue weighted by Crippen LogP contribution is 2.37. The second-order valence-electron chi connectivity index (χ2n) is 5.04. The predicted molar refractivity (Wildman–Crippen MR) is 86.9 cm³/mol. The van der Waals surface area contributed by atoms with Gasteiger partial charge in [-0.05, 0) is 23.3 Å². The van der Waals surface area contributed by atoms with Crippen molar-refractivity contribution in [2.45, 2.75) is 11.5 Å². The van der Waals surface area contributed by atoms with E-state index < -0.39 is 10.0 Å². The molecule has 2 aromatic carbocycles. The van der Waals surface area contributed by atoms with Crippen LogP contribution in [0, 0.1) is 0 Å². The van der Waals surface area contributed by atoms with Gasteiger partial charge in [0.1, 0.15) is 12.4 Å². The molecule has 0 aliphatic carbocycles. The number of benzene rings is 2. The summed E-state index contributed by atoms with van der Waals surface area (Å²) in [5.41, 5.74) is 3.26. The topological polar surface area (TPSA) is 93.5 Å². The quantitative estimate of drug-likeness (QED) is 0.769. The predicted octanol–water partition coefficient (Wildman–Crippen LogP) is 2.75. The first-order valence-corrected chi connectivity index (χ1v) is 8.45. The summed E-state index contributed by atoms with van der Waals surface area (Å²) in [5.74, 6) is 0.423. The van der Waals surface area contributed by atoms with Crippen molar-refractivity contribution < 1.29 is 17.9 Å². The summed E-state index contributed by atoms with van der Waals surface area (Å²) in [5, 5.41) is 14.6. The Morgan fingerprint density at radius 1 is 0.957 bits per heavy atom. The Hall–Kier alpha value is -2.41. The van der Waals surface area contributed by atoms with Crippen molar-refractivity contribution in [1.29, 1.82) is 0 Å². The van der Waals surface area contributed by atoms with Gasteiger partial charge in [-0.2, -0.15) is 0 Å². The van der Waals surface area contributed by atoms with Crippen LogP contribution in [0.1, 0.15) is 5.76 Å². The summed E-state index contributed by atoms with van der Waals surface area (Å²) >= 11 is 0. The molecule has 0 spiro atoms. The zero-order valence-electron chi connectivity index (χ0n) is 12.1. The summed E-state index contributed by atoms with van der Waals surface area (Å²) < 4.78 is 28.2. The van der Waals surface area contributed by atoms with Crippen molar-refractivity contribution in [2.24, 2.45) is 5.14 Å². The third-order valence-corrected chi connectivity index (χ3v) is 4.50. The maximum Gasteiger partial charge on any atom is 0.238 e. The molecule has 6 heteroatoms. The number of hydrogen-bond acceptors (Lipinski definition) is 4. The number of aliphatic hydroxyl groups is 1. The molecule has 3 aromatic rings. The first-order chi connectivity index (χ1) is 11.0. The van der Waals surface area contributed by atoms with Crippen molar-refractivity contribution in [3.8, 4) is 22.3 Å². The summed E-state index contributed by atoms with van der Waals surface area (Å²) in [7, 11) is -3.74. The molecule has 0 bridgehead atoms. The van der Waals surface area contributed by atoms with Crippen LogP contribution in [0.3, 0.4) is 0 Å². The van der Waals surface area contributed by atoms with Gasteiger partial charge < -0.3 is 9.52 Å². The molecular formula is C17H15NO4S. The fourth-order valence-corrected chi connectivity index (χ4v) is 2.99. The van der Waals surface area contributed by atoms with Crippen LogP contribution in [-0.2, 0) is 16.6 Å². The van der Waals surface area contributed by atoms with E-state index in [4.69, 9.17) is 9.56 Å². The van der Waals surface area contributed by atoms with Crippen LogP contribution in [0.4, 0.5) is 0 Å². The van der Waals surface area contributed by atoms with Crippen LogP contribution >= 0.6 is 0 Å². The lowest BCUT2D eigenvalue weighted by Gasteiger charge is -2.07. The Bertz CT molecular complexity index is 913. The molecule has 0 radical (unpaired) electrons. The van der Waals surface area contributed by atoms with Crippen molar-refractivity contribution in [1.82, 2.24) is 0 Å². The molecule has 0 saturated carbocycles. The van der Waals surface area contributed by atoms with E-state index in [1.54, 1.807) is 18.4 Å². The van der Waals surface area contributed by atoms with E-state index in [1.165, 1.54) is 12.1 Å². The monoisotopic (exact) mass is 329 g/mol. The normalized spacial score (nSPS) is 11.6. The zero-order chi connectivity index (χ0) is 16.4. The lowest BCUT2D eigenvalue weighted by Crippen LogP contribution is -2.11. The second-order valence-corrected chi connectivity index (χ2v) is 6.60. The van der Waals surface area contributed by atoms with Gasteiger partial charge in [0.15, 0.2) is 0 Å². The average molecular weight is 329 g/mol. The third-order valence-electron chi connectivity index (χ3n) is 3.57. The van der Waals surface area contributed by atoms with Crippen LogP contribution in [0.2, 0.25) is 0 Å². The van der Waals surface area contributed by atoms with Crippen LogP contribution in [0.15, 0.2) is 70.2 Å². The van der Waals surface area contributed by atoms with Crippen LogP contribution in [-0.4, -0.2) is 13.5 Å². The van der Waals surface area contributed by atoms with Gasteiger partial charge in [-0.25, -0.2) is 13.6 Å². The van der Waals surface area contributed by atoms with Gasteiger partial charge in [-0.15, -0.1) is 0 Å². The van der Waals surface area contributed by atoms with E-state index >= 15 is 0 Å². The maximum absolute atomic E-state index is 11.4. The minimum atomic E-state index is -3.74.